The zero-order valence-electron chi connectivity index (χ0n) is 8.36. The number of carbonyl (C=O) groups is 1. The molecule has 3 nitrogen and oxygen atoms in total. The van der Waals surface area contributed by atoms with Crippen molar-refractivity contribution in [1.29, 1.82) is 0 Å². The van der Waals surface area contributed by atoms with E-state index in [9.17, 15) is 4.79 Å². The van der Waals surface area contributed by atoms with E-state index in [1.807, 2.05) is 6.92 Å². The van der Waals surface area contributed by atoms with Gasteiger partial charge in [-0.3, -0.25) is 4.79 Å². The molecule has 3 heteroatoms. The smallest absolute Gasteiger partial charge is 0.168 e. The molecule has 1 heterocycles. The first-order valence-corrected chi connectivity index (χ1v) is 5.07. The van der Waals surface area contributed by atoms with Gasteiger partial charge in [0.25, 0.3) is 0 Å². The van der Waals surface area contributed by atoms with Gasteiger partial charge in [-0.15, -0.1) is 0 Å². The Bertz CT molecular complexity index is 345. The van der Waals surface area contributed by atoms with Crippen LogP contribution in [0.3, 0.4) is 0 Å². The van der Waals surface area contributed by atoms with E-state index in [4.69, 9.17) is 0 Å². The Balaban J connectivity index is 2.14. The molecule has 0 saturated heterocycles. The molecule has 14 heavy (non-hydrogen) atoms. The Labute approximate surface area is 83.6 Å². The normalized spacial score (nSPS) is 16.4. The zero-order valence-corrected chi connectivity index (χ0v) is 8.36. The van der Waals surface area contributed by atoms with Gasteiger partial charge < -0.3 is 0 Å². The highest BCUT2D eigenvalue weighted by Gasteiger charge is 2.19. The van der Waals surface area contributed by atoms with Gasteiger partial charge in [-0.2, -0.15) is 0 Å². The van der Waals surface area contributed by atoms with Crippen LogP contribution in [0.5, 0.6) is 0 Å². The van der Waals surface area contributed by atoms with E-state index in [1.54, 1.807) is 6.07 Å². The summed E-state index contributed by atoms with van der Waals surface area (Å²) in [5.41, 5.74) is 1.39. The summed E-state index contributed by atoms with van der Waals surface area (Å²) in [6.45, 7) is 1.90. The minimum atomic E-state index is 0.506. The molecule has 1 aliphatic carbocycles. The van der Waals surface area contributed by atoms with E-state index in [-0.39, 0.29) is 0 Å². The van der Waals surface area contributed by atoms with Crippen molar-refractivity contribution in [1.82, 2.24) is 9.97 Å². The van der Waals surface area contributed by atoms with Gasteiger partial charge in [0, 0.05) is 12.1 Å². The lowest BCUT2D eigenvalue weighted by Gasteiger charge is -2.24. The monoisotopic (exact) mass is 190 g/mol. The number of rotatable bonds is 3. The second-order valence-corrected chi connectivity index (χ2v) is 3.97. The number of nitrogens with zero attached hydrogens (tertiary/aromatic N) is 2. The molecule has 0 unspecified atom stereocenters. The average molecular weight is 190 g/mol. The number of aromatic nitrogens is 2. The van der Waals surface area contributed by atoms with E-state index >= 15 is 0 Å². The maximum Gasteiger partial charge on any atom is 0.168 e. The Morgan fingerprint density at radius 2 is 2.29 bits per heavy atom. The topological polar surface area (TPSA) is 42.9 Å². The van der Waals surface area contributed by atoms with Crippen LogP contribution in [0.2, 0.25) is 0 Å². The summed E-state index contributed by atoms with van der Waals surface area (Å²) in [4.78, 5) is 19.1. The molecule has 0 aliphatic heterocycles. The third-order valence-corrected chi connectivity index (χ3v) is 2.74. The first-order chi connectivity index (χ1) is 6.78. The average Bonchev–Trinajstić information content (AvgIpc) is 2.10. The van der Waals surface area contributed by atoms with E-state index in [2.05, 4.69) is 9.97 Å². The summed E-state index contributed by atoms with van der Waals surface area (Å²) in [7, 11) is 0. The summed E-state index contributed by atoms with van der Waals surface area (Å²) in [6.07, 6.45) is 5.62. The molecule has 2 rings (SSSR count). The van der Waals surface area contributed by atoms with Gasteiger partial charge in [-0.25, -0.2) is 9.97 Å². The zero-order chi connectivity index (χ0) is 9.97. The summed E-state index contributed by atoms with van der Waals surface area (Å²) in [5.74, 6) is 1.58. The van der Waals surface area contributed by atoms with Crippen molar-refractivity contribution in [2.75, 3.05) is 0 Å². The molecule has 1 fully saturated rings. The van der Waals surface area contributed by atoms with Gasteiger partial charge in [-0.05, 0) is 18.9 Å². The lowest BCUT2D eigenvalue weighted by atomic mass is 9.83. The molecule has 0 N–H and O–H groups in total. The van der Waals surface area contributed by atoms with Crippen LogP contribution < -0.4 is 0 Å². The van der Waals surface area contributed by atoms with Crippen molar-refractivity contribution in [2.45, 2.75) is 32.6 Å². The summed E-state index contributed by atoms with van der Waals surface area (Å²) >= 11 is 0. The number of hydrogen-bond acceptors (Lipinski definition) is 3. The molecular weight excluding hydrogens is 176 g/mol. The SMILES string of the molecule is Cc1cc(C=O)nc(CC2CCC2)n1. The first kappa shape index (κ1) is 9.31. The Hall–Kier alpha value is -1.25. The van der Waals surface area contributed by atoms with Gasteiger partial charge in [-0.1, -0.05) is 19.3 Å². The molecule has 1 aromatic heterocycles. The third-order valence-electron chi connectivity index (χ3n) is 2.74. The lowest BCUT2D eigenvalue weighted by Crippen LogP contribution is -2.16. The minimum absolute atomic E-state index is 0.506. The lowest BCUT2D eigenvalue weighted by molar-refractivity contribution is 0.111. The van der Waals surface area contributed by atoms with Gasteiger partial charge in [0.15, 0.2) is 6.29 Å². The molecule has 0 bridgehead atoms. The van der Waals surface area contributed by atoms with Gasteiger partial charge in [0.1, 0.15) is 11.5 Å². The molecule has 1 aromatic rings. The van der Waals surface area contributed by atoms with Crippen LogP contribution >= 0.6 is 0 Å². The van der Waals surface area contributed by atoms with Crippen LogP contribution in [-0.2, 0) is 6.42 Å². The highest BCUT2D eigenvalue weighted by atomic mass is 16.1. The van der Waals surface area contributed by atoms with Gasteiger partial charge in [0.05, 0.1) is 0 Å². The molecule has 74 valence electrons. The van der Waals surface area contributed by atoms with E-state index in [0.29, 0.717) is 5.69 Å². The van der Waals surface area contributed by atoms with Crippen LogP contribution in [-0.4, -0.2) is 16.3 Å². The predicted molar refractivity (Wildman–Crippen MR) is 53.2 cm³/mol. The van der Waals surface area contributed by atoms with Crippen LogP contribution in [0, 0.1) is 12.8 Å². The highest BCUT2D eigenvalue weighted by molar-refractivity contribution is 5.71. The van der Waals surface area contributed by atoms with E-state index in [0.717, 1.165) is 30.1 Å². The summed E-state index contributed by atoms with van der Waals surface area (Å²) in [5, 5.41) is 0. The fraction of sp³-hybridized carbons (Fsp3) is 0.545. The number of aldehydes is 1. The Morgan fingerprint density at radius 1 is 1.50 bits per heavy atom. The largest absolute Gasteiger partial charge is 0.296 e. The van der Waals surface area contributed by atoms with Crippen LogP contribution in [0.15, 0.2) is 6.07 Å². The molecular formula is C11H14N2O. The maximum absolute atomic E-state index is 10.6. The summed E-state index contributed by atoms with van der Waals surface area (Å²) < 4.78 is 0. The van der Waals surface area contributed by atoms with Crippen LogP contribution in [0.1, 0.15) is 41.3 Å². The molecule has 0 radical (unpaired) electrons. The van der Waals surface area contributed by atoms with Crippen molar-refractivity contribution in [2.24, 2.45) is 5.92 Å². The van der Waals surface area contributed by atoms with Crippen LogP contribution in [0.25, 0.3) is 0 Å². The van der Waals surface area contributed by atoms with Crippen molar-refractivity contribution in [3.8, 4) is 0 Å². The van der Waals surface area contributed by atoms with Crippen molar-refractivity contribution in [3.63, 3.8) is 0 Å². The quantitative estimate of drug-likeness (QED) is 0.684. The van der Waals surface area contributed by atoms with Crippen molar-refractivity contribution in [3.05, 3.63) is 23.3 Å². The first-order valence-electron chi connectivity index (χ1n) is 5.07. The Morgan fingerprint density at radius 3 is 2.86 bits per heavy atom. The van der Waals surface area contributed by atoms with Gasteiger partial charge in [0.2, 0.25) is 0 Å². The fourth-order valence-corrected chi connectivity index (χ4v) is 1.76. The maximum atomic E-state index is 10.6. The molecule has 0 spiro atoms. The molecule has 1 saturated carbocycles. The van der Waals surface area contributed by atoms with Crippen molar-refractivity contribution < 1.29 is 4.79 Å². The minimum Gasteiger partial charge on any atom is -0.296 e. The number of aryl methyl sites for hydroxylation is 1. The standard InChI is InChI=1S/C11H14N2O/c1-8-5-10(7-14)13-11(12-8)6-9-3-2-4-9/h5,7,9H,2-4,6H2,1H3. The number of carbonyl (C=O) groups excluding carboxylic acids is 1. The Kier molecular flexibility index (Phi) is 2.57. The number of hydrogen-bond donors (Lipinski definition) is 0. The highest BCUT2D eigenvalue weighted by Crippen LogP contribution is 2.28. The molecule has 0 atom stereocenters. The fourth-order valence-electron chi connectivity index (χ4n) is 1.76. The second-order valence-electron chi connectivity index (χ2n) is 3.97. The molecule has 0 amide bonds. The predicted octanol–water partition coefficient (Wildman–Crippen LogP) is 1.94. The van der Waals surface area contributed by atoms with Gasteiger partial charge >= 0.3 is 0 Å². The third kappa shape index (κ3) is 1.97. The summed E-state index contributed by atoms with van der Waals surface area (Å²) in [6, 6.07) is 1.72. The van der Waals surface area contributed by atoms with Crippen LogP contribution in [0.4, 0.5) is 0 Å². The van der Waals surface area contributed by atoms with Crippen molar-refractivity contribution >= 4 is 6.29 Å². The molecule has 0 aromatic carbocycles. The van der Waals surface area contributed by atoms with E-state index in [1.165, 1.54) is 19.3 Å². The molecule has 1 aliphatic rings. The second kappa shape index (κ2) is 3.86. The van der Waals surface area contributed by atoms with E-state index < -0.39 is 0 Å².